The summed E-state index contributed by atoms with van der Waals surface area (Å²) < 4.78 is 5.20. The second kappa shape index (κ2) is 13.4. The van der Waals surface area contributed by atoms with Crippen LogP contribution in [-0.4, -0.2) is 56.7 Å². The Kier molecular flexibility index (Phi) is 12.1. The van der Waals surface area contributed by atoms with Crippen molar-refractivity contribution in [2.75, 3.05) is 39.8 Å². The van der Waals surface area contributed by atoms with Crippen molar-refractivity contribution in [1.29, 1.82) is 0 Å². The van der Waals surface area contributed by atoms with Gasteiger partial charge >= 0.3 is 0 Å². The molecule has 1 aliphatic rings. The molecule has 1 saturated heterocycles. The van der Waals surface area contributed by atoms with Crippen molar-refractivity contribution in [3.05, 3.63) is 28.8 Å². The first-order valence-electron chi connectivity index (χ1n) is 9.75. The van der Waals surface area contributed by atoms with Crippen LogP contribution in [0.3, 0.4) is 0 Å². The van der Waals surface area contributed by atoms with E-state index in [-0.39, 0.29) is 24.0 Å². The van der Waals surface area contributed by atoms with E-state index >= 15 is 0 Å². The second-order valence-electron chi connectivity index (χ2n) is 6.73. The molecule has 1 aromatic rings. The van der Waals surface area contributed by atoms with E-state index in [2.05, 4.69) is 29.4 Å². The average Bonchev–Trinajstić information content (AvgIpc) is 2.65. The molecule has 0 saturated carbocycles. The summed E-state index contributed by atoms with van der Waals surface area (Å²) in [6, 6.07) is 6.32. The fraction of sp³-hybridized carbons (Fsp3) is 0.650. The fourth-order valence-electron chi connectivity index (χ4n) is 3.28. The highest BCUT2D eigenvalue weighted by molar-refractivity contribution is 14.0. The topological polar surface area (TPSA) is 48.9 Å². The van der Waals surface area contributed by atoms with Crippen LogP contribution in [0.25, 0.3) is 0 Å². The third-order valence-electron chi connectivity index (χ3n) is 4.72. The molecule has 5 nitrogen and oxygen atoms in total. The van der Waals surface area contributed by atoms with Gasteiger partial charge in [0.25, 0.3) is 0 Å². The van der Waals surface area contributed by atoms with Crippen molar-refractivity contribution >= 4 is 41.5 Å². The number of aliphatic imine (C=N–C) groups is 1. The lowest BCUT2D eigenvalue weighted by Gasteiger charge is -2.32. The summed E-state index contributed by atoms with van der Waals surface area (Å²) >= 11 is 6.32. The third kappa shape index (κ3) is 8.44. The molecule has 0 amide bonds. The highest BCUT2D eigenvalue weighted by Gasteiger charge is 2.19. The molecule has 1 fully saturated rings. The molecule has 154 valence electrons. The van der Waals surface area contributed by atoms with Gasteiger partial charge in [0, 0.05) is 37.2 Å². The standard InChI is InChI=1S/C20H33ClN4O.HI/c1-4-12-25-13-9-17(10-14-25)24-20(22-5-2)23-11-8-16-6-7-18(26-3)15-19(16)21;/h6-7,15,17H,4-5,8-14H2,1-3H3,(H2,22,23,24);1H. The predicted octanol–water partition coefficient (Wildman–Crippen LogP) is 3.94. The number of methoxy groups -OCH3 is 1. The van der Waals surface area contributed by atoms with Crippen LogP contribution in [0.5, 0.6) is 5.75 Å². The van der Waals surface area contributed by atoms with Gasteiger partial charge in [-0.05, 0) is 56.8 Å². The number of halogens is 2. The minimum absolute atomic E-state index is 0. The number of benzene rings is 1. The first-order chi connectivity index (χ1) is 12.7. The first kappa shape index (κ1) is 24.3. The van der Waals surface area contributed by atoms with Crippen molar-refractivity contribution in [2.24, 2.45) is 4.99 Å². The number of piperidine rings is 1. The molecule has 0 unspecified atom stereocenters. The number of guanidine groups is 1. The van der Waals surface area contributed by atoms with Crippen LogP contribution in [0.15, 0.2) is 23.2 Å². The van der Waals surface area contributed by atoms with E-state index in [1.807, 2.05) is 18.2 Å². The Morgan fingerprint density at radius 3 is 2.63 bits per heavy atom. The van der Waals surface area contributed by atoms with E-state index < -0.39 is 0 Å². The molecule has 0 atom stereocenters. The molecule has 2 N–H and O–H groups in total. The molecule has 7 heteroatoms. The van der Waals surface area contributed by atoms with Crippen molar-refractivity contribution in [1.82, 2.24) is 15.5 Å². The van der Waals surface area contributed by atoms with Gasteiger partial charge in [-0.2, -0.15) is 0 Å². The number of nitrogens with one attached hydrogen (secondary N) is 2. The number of ether oxygens (including phenoxy) is 1. The smallest absolute Gasteiger partial charge is 0.191 e. The van der Waals surface area contributed by atoms with Crippen LogP contribution in [0.1, 0.15) is 38.7 Å². The number of hydrogen-bond acceptors (Lipinski definition) is 3. The normalized spacial score (nSPS) is 15.9. The Morgan fingerprint density at radius 1 is 1.30 bits per heavy atom. The second-order valence-corrected chi connectivity index (χ2v) is 7.14. The van der Waals surface area contributed by atoms with Crippen LogP contribution >= 0.6 is 35.6 Å². The fourth-order valence-corrected chi connectivity index (χ4v) is 3.54. The number of hydrogen-bond donors (Lipinski definition) is 2. The molecule has 0 aliphatic carbocycles. The molecule has 1 heterocycles. The Bertz CT molecular complexity index is 577. The van der Waals surface area contributed by atoms with Crippen LogP contribution in [0.4, 0.5) is 0 Å². The third-order valence-corrected chi connectivity index (χ3v) is 5.08. The lowest BCUT2D eigenvalue weighted by atomic mass is 10.1. The van der Waals surface area contributed by atoms with Crippen molar-refractivity contribution in [3.8, 4) is 5.75 Å². The first-order valence-corrected chi connectivity index (χ1v) is 10.1. The lowest BCUT2D eigenvalue weighted by molar-refractivity contribution is 0.206. The van der Waals surface area contributed by atoms with Gasteiger partial charge in [-0.1, -0.05) is 24.6 Å². The zero-order valence-corrected chi connectivity index (χ0v) is 19.8. The molecule has 1 aliphatic heterocycles. The minimum atomic E-state index is 0. The summed E-state index contributed by atoms with van der Waals surface area (Å²) in [6.45, 7) is 9.47. The van der Waals surface area contributed by atoms with Crippen molar-refractivity contribution in [3.63, 3.8) is 0 Å². The summed E-state index contributed by atoms with van der Waals surface area (Å²) in [5, 5.41) is 7.69. The van der Waals surface area contributed by atoms with E-state index in [0.717, 1.165) is 35.3 Å². The van der Waals surface area contributed by atoms with Gasteiger partial charge in [-0.25, -0.2) is 0 Å². The van der Waals surface area contributed by atoms with Crippen LogP contribution in [-0.2, 0) is 6.42 Å². The maximum absolute atomic E-state index is 6.32. The van der Waals surface area contributed by atoms with Crippen LogP contribution in [0.2, 0.25) is 5.02 Å². The van der Waals surface area contributed by atoms with E-state index in [1.54, 1.807) is 7.11 Å². The molecule has 1 aromatic carbocycles. The summed E-state index contributed by atoms with van der Waals surface area (Å²) in [7, 11) is 1.65. The zero-order valence-electron chi connectivity index (χ0n) is 16.8. The minimum Gasteiger partial charge on any atom is -0.497 e. The molecule has 2 rings (SSSR count). The van der Waals surface area contributed by atoms with Crippen molar-refractivity contribution < 1.29 is 4.74 Å². The quantitative estimate of drug-likeness (QED) is 0.317. The molecule has 0 radical (unpaired) electrons. The Morgan fingerprint density at radius 2 is 2.04 bits per heavy atom. The van der Waals surface area contributed by atoms with Gasteiger partial charge in [0.2, 0.25) is 0 Å². The summed E-state index contributed by atoms with van der Waals surface area (Å²) in [6.07, 6.45) is 4.40. The van der Waals surface area contributed by atoms with Crippen LogP contribution < -0.4 is 15.4 Å². The summed E-state index contributed by atoms with van der Waals surface area (Å²) in [4.78, 5) is 7.28. The predicted molar refractivity (Wildman–Crippen MR) is 126 cm³/mol. The number of nitrogens with zero attached hydrogens (tertiary/aromatic N) is 2. The van der Waals surface area contributed by atoms with Gasteiger partial charge in [0.15, 0.2) is 5.96 Å². The van der Waals surface area contributed by atoms with Crippen molar-refractivity contribution in [2.45, 2.75) is 45.6 Å². The zero-order chi connectivity index (χ0) is 18.8. The van der Waals surface area contributed by atoms with Gasteiger partial charge in [0.1, 0.15) is 5.75 Å². The molecule has 0 aromatic heterocycles. The average molecular weight is 509 g/mol. The highest BCUT2D eigenvalue weighted by Crippen LogP contribution is 2.22. The van der Waals surface area contributed by atoms with Gasteiger partial charge < -0.3 is 20.3 Å². The lowest BCUT2D eigenvalue weighted by Crippen LogP contribution is -2.48. The van der Waals surface area contributed by atoms with Gasteiger partial charge in [0.05, 0.1) is 7.11 Å². The maximum Gasteiger partial charge on any atom is 0.191 e. The van der Waals surface area contributed by atoms with Crippen LogP contribution in [0, 0.1) is 0 Å². The largest absolute Gasteiger partial charge is 0.497 e. The number of rotatable bonds is 8. The Balaban J connectivity index is 0.00000364. The van der Waals surface area contributed by atoms with E-state index in [9.17, 15) is 0 Å². The molecule has 0 spiro atoms. The Labute approximate surface area is 186 Å². The monoisotopic (exact) mass is 508 g/mol. The molecular formula is C20H34ClIN4O. The molecule has 27 heavy (non-hydrogen) atoms. The van der Waals surface area contributed by atoms with E-state index in [1.165, 1.54) is 38.9 Å². The van der Waals surface area contributed by atoms with E-state index in [0.29, 0.717) is 12.6 Å². The molecule has 0 bridgehead atoms. The van der Waals surface area contributed by atoms with E-state index in [4.69, 9.17) is 21.3 Å². The highest BCUT2D eigenvalue weighted by atomic mass is 127. The Hall–Kier alpha value is -0.730. The maximum atomic E-state index is 6.32. The van der Waals surface area contributed by atoms with Gasteiger partial charge in [-0.15, -0.1) is 24.0 Å². The summed E-state index contributed by atoms with van der Waals surface area (Å²) in [5.41, 5.74) is 1.10. The number of likely N-dealkylation sites (tertiary alicyclic amines) is 1. The molecular weight excluding hydrogens is 475 g/mol. The summed E-state index contributed by atoms with van der Waals surface area (Å²) in [5.74, 6) is 1.69. The van der Waals surface area contributed by atoms with Gasteiger partial charge in [-0.3, -0.25) is 4.99 Å². The SMILES string of the molecule is CCCN1CCC(NC(=NCCc2ccc(OC)cc2Cl)NCC)CC1.I.